The minimum Gasteiger partial charge on any atom is -0.477 e. The minimum atomic E-state index is -2.78. The van der Waals surface area contributed by atoms with Crippen molar-refractivity contribution in [2.24, 2.45) is 0 Å². The summed E-state index contributed by atoms with van der Waals surface area (Å²) in [5.41, 5.74) is 0. The van der Waals surface area contributed by atoms with Gasteiger partial charge in [0.2, 0.25) is 5.91 Å². The molecule has 0 bridgehead atoms. The summed E-state index contributed by atoms with van der Waals surface area (Å²) in [6, 6.07) is -1.27. The van der Waals surface area contributed by atoms with E-state index in [2.05, 4.69) is 5.32 Å². The molecule has 1 aliphatic rings. The number of aliphatic hydroxyl groups excluding tert-OH is 4. The van der Waals surface area contributed by atoms with Crippen LogP contribution in [0.2, 0.25) is 0 Å². The Bertz CT molecular complexity index is 403. The van der Waals surface area contributed by atoms with Crippen LogP contribution in [0.3, 0.4) is 0 Å². The van der Waals surface area contributed by atoms with Crippen LogP contribution in [0.15, 0.2) is 0 Å². The Kier molecular flexibility index (Phi) is 5.61. The standard InChI is InChI=1S/C11H19NO9/c1-4(14)12-7-5(15)2-11(20,10(18)19)21-9(7)8(17)6(16)3-13/h5-9,13,15-17,20H,2-3H2,1H3,(H,12,14)(H,18,19)/t5-,6?,7-,8?,9?,11-/m1/s1. The zero-order valence-corrected chi connectivity index (χ0v) is 11.2. The molecule has 10 nitrogen and oxygen atoms in total. The third kappa shape index (κ3) is 3.87. The van der Waals surface area contributed by atoms with Crippen molar-refractivity contribution < 1.29 is 45.0 Å². The van der Waals surface area contributed by atoms with Crippen LogP contribution in [0.5, 0.6) is 0 Å². The van der Waals surface area contributed by atoms with Gasteiger partial charge >= 0.3 is 5.97 Å². The van der Waals surface area contributed by atoms with Crippen LogP contribution in [0.4, 0.5) is 0 Å². The molecule has 0 aromatic heterocycles. The first kappa shape index (κ1) is 17.8. The van der Waals surface area contributed by atoms with Gasteiger partial charge in [-0.2, -0.15) is 0 Å². The molecule has 1 heterocycles. The van der Waals surface area contributed by atoms with Crippen LogP contribution in [-0.4, -0.2) is 85.4 Å². The quantitative estimate of drug-likeness (QED) is 0.268. The second kappa shape index (κ2) is 6.64. The van der Waals surface area contributed by atoms with Crippen molar-refractivity contribution in [3.63, 3.8) is 0 Å². The SMILES string of the molecule is CC(=O)N[C@H]1C(C(O)C(O)CO)O[C@@](O)(C(=O)O)C[C@H]1O. The van der Waals surface area contributed by atoms with E-state index in [4.69, 9.17) is 14.9 Å². The normalized spacial score (nSPS) is 35.8. The maximum absolute atomic E-state index is 11.1. The van der Waals surface area contributed by atoms with Crippen LogP contribution in [0, 0.1) is 0 Å². The molecule has 7 N–H and O–H groups in total. The molecule has 3 unspecified atom stereocenters. The lowest BCUT2D eigenvalue weighted by Crippen LogP contribution is -2.67. The molecule has 0 aromatic rings. The molecule has 1 aliphatic heterocycles. The Balaban J connectivity index is 3.07. The smallest absolute Gasteiger partial charge is 0.364 e. The number of aliphatic carboxylic acids is 1. The molecule has 1 amide bonds. The molecule has 0 radical (unpaired) electrons. The van der Waals surface area contributed by atoms with E-state index in [0.29, 0.717) is 0 Å². The molecular formula is C11H19NO9. The first-order valence-corrected chi connectivity index (χ1v) is 6.18. The second-order valence-corrected chi connectivity index (χ2v) is 4.91. The number of rotatable bonds is 5. The highest BCUT2D eigenvalue weighted by Gasteiger charge is 2.53. The highest BCUT2D eigenvalue weighted by molar-refractivity contribution is 5.76. The van der Waals surface area contributed by atoms with Crippen LogP contribution in [0.25, 0.3) is 0 Å². The van der Waals surface area contributed by atoms with Crippen molar-refractivity contribution in [1.82, 2.24) is 5.32 Å². The van der Waals surface area contributed by atoms with E-state index >= 15 is 0 Å². The van der Waals surface area contributed by atoms with Gasteiger partial charge in [-0.15, -0.1) is 0 Å². The first-order valence-electron chi connectivity index (χ1n) is 6.18. The molecule has 21 heavy (non-hydrogen) atoms. The highest BCUT2D eigenvalue weighted by atomic mass is 16.7. The van der Waals surface area contributed by atoms with Gasteiger partial charge in [-0.1, -0.05) is 0 Å². The third-order valence-corrected chi connectivity index (χ3v) is 3.21. The van der Waals surface area contributed by atoms with Gasteiger partial charge in [0, 0.05) is 13.3 Å². The molecule has 0 saturated carbocycles. The number of hydrogen-bond donors (Lipinski definition) is 7. The molecular weight excluding hydrogens is 290 g/mol. The Labute approximate surface area is 119 Å². The molecule has 0 aliphatic carbocycles. The number of amides is 1. The fraction of sp³-hybridized carbons (Fsp3) is 0.818. The Hall–Kier alpha value is -1.30. The fourth-order valence-corrected chi connectivity index (χ4v) is 2.14. The molecule has 122 valence electrons. The molecule has 0 spiro atoms. The summed E-state index contributed by atoms with van der Waals surface area (Å²) in [4.78, 5) is 22.1. The van der Waals surface area contributed by atoms with Crippen molar-refractivity contribution in [2.45, 2.75) is 49.6 Å². The molecule has 1 fully saturated rings. The predicted molar refractivity (Wildman–Crippen MR) is 64.8 cm³/mol. The Morgan fingerprint density at radius 1 is 1.43 bits per heavy atom. The van der Waals surface area contributed by atoms with Gasteiger partial charge in [0.1, 0.15) is 18.3 Å². The largest absolute Gasteiger partial charge is 0.477 e. The zero-order valence-electron chi connectivity index (χ0n) is 11.2. The van der Waals surface area contributed by atoms with E-state index in [0.717, 1.165) is 6.92 Å². The van der Waals surface area contributed by atoms with Gasteiger partial charge in [0.15, 0.2) is 0 Å². The van der Waals surface area contributed by atoms with E-state index in [1.807, 2.05) is 0 Å². The zero-order chi connectivity index (χ0) is 16.4. The van der Waals surface area contributed by atoms with Crippen LogP contribution >= 0.6 is 0 Å². The van der Waals surface area contributed by atoms with E-state index in [1.54, 1.807) is 0 Å². The molecule has 1 saturated heterocycles. The van der Waals surface area contributed by atoms with E-state index in [1.165, 1.54) is 0 Å². The van der Waals surface area contributed by atoms with Crippen molar-refractivity contribution in [1.29, 1.82) is 0 Å². The number of carboxylic acids is 1. The number of carboxylic acid groups (broad SMARTS) is 1. The summed E-state index contributed by atoms with van der Waals surface area (Å²) < 4.78 is 4.86. The fourth-order valence-electron chi connectivity index (χ4n) is 2.14. The summed E-state index contributed by atoms with van der Waals surface area (Å²) in [7, 11) is 0. The van der Waals surface area contributed by atoms with Gasteiger partial charge in [-0.25, -0.2) is 4.79 Å². The summed E-state index contributed by atoms with van der Waals surface area (Å²) in [5.74, 6) is -5.17. The van der Waals surface area contributed by atoms with Crippen molar-refractivity contribution in [3.8, 4) is 0 Å². The molecule has 10 heteroatoms. The number of nitrogens with one attached hydrogen (secondary N) is 1. The Morgan fingerprint density at radius 2 is 2.00 bits per heavy atom. The first-order chi connectivity index (χ1) is 9.62. The van der Waals surface area contributed by atoms with Gasteiger partial charge in [0.05, 0.1) is 18.8 Å². The van der Waals surface area contributed by atoms with Crippen molar-refractivity contribution in [2.75, 3.05) is 6.61 Å². The second-order valence-electron chi connectivity index (χ2n) is 4.91. The predicted octanol–water partition coefficient (Wildman–Crippen LogP) is -3.87. The number of aliphatic hydroxyl groups is 5. The topological polar surface area (TPSA) is 177 Å². The maximum Gasteiger partial charge on any atom is 0.364 e. The lowest BCUT2D eigenvalue weighted by Gasteiger charge is -2.44. The average Bonchev–Trinajstić information content (AvgIpc) is 2.39. The van der Waals surface area contributed by atoms with Crippen LogP contribution in [0.1, 0.15) is 13.3 Å². The van der Waals surface area contributed by atoms with Gasteiger partial charge in [-0.05, 0) is 0 Å². The van der Waals surface area contributed by atoms with E-state index in [9.17, 15) is 30.0 Å². The summed E-state index contributed by atoms with van der Waals surface area (Å²) >= 11 is 0. The summed E-state index contributed by atoms with van der Waals surface area (Å²) in [5, 5.41) is 59.0. The number of carbonyl (C=O) groups excluding carboxylic acids is 1. The Morgan fingerprint density at radius 3 is 2.43 bits per heavy atom. The van der Waals surface area contributed by atoms with Crippen molar-refractivity contribution >= 4 is 11.9 Å². The van der Waals surface area contributed by atoms with E-state index in [-0.39, 0.29) is 0 Å². The summed E-state index contributed by atoms with van der Waals surface area (Å²) in [6.45, 7) is 0.256. The van der Waals surface area contributed by atoms with Gasteiger partial charge < -0.3 is 40.7 Å². The maximum atomic E-state index is 11.1. The van der Waals surface area contributed by atoms with Gasteiger partial charge in [0.25, 0.3) is 5.79 Å². The lowest BCUT2D eigenvalue weighted by atomic mass is 9.88. The number of ether oxygens (including phenoxy) is 1. The lowest BCUT2D eigenvalue weighted by molar-refractivity contribution is -0.295. The number of carbonyl (C=O) groups is 2. The van der Waals surface area contributed by atoms with E-state index < -0.39 is 61.1 Å². The minimum absolute atomic E-state index is 0.598. The highest BCUT2D eigenvalue weighted by Crippen LogP contribution is 2.30. The average molecular weight is 309 g/mol. The summed E-state index contributed by atoms with van der Waals surface area (Å²) in [6.07, 6.45) is -7.48. The monoisotopic (exact) mass is 309 g/mol. The van der Waals surface area contributed by atoms with Gasteiger partial charge in [-0.3, -0.25) is 4.79 Å². The molecule has 6 atom stereocenters. The number of hydrogen-bond acceptors (Lipinski definition) is 8. The molecule has 0 aromatic carbocycles. The van der Waals surface area contributed by atoms with Crippen LogP contribution < -0.4 is 5.32 Å². The third-order valence-electron chi connectivity index (χ3n) is 3.21. The van der Waals surface area contributed by atoms with Crippen molar-refractivity contribution in [3.05, 3.63) is 0 Å². The van der Waals surface area contributed by atoms with Crippen LogP contribution in [-0.2, 0) is 14.3 Å². The molecule has 1 rings (SSSR count).